The highest BCUT2D eigenvalue weighted by atomic mass is 16.2. The van der Waals surface area contributed by atoms with Crippen molar-refractivity contribution >= 4 is 6.03 Å². The Bertz CT molecular complexity index is 774. The third kappa shape index (κ3) is 2.86. The van der Waals surface area contributed by atoms with Crippen LogP contribution in [0, 0.1) is 11.8 Å². The Hall–Kier alpha value is -2.94. The summed E-state index contributed by atoms with van der Waals surface area (Å²) in [5.41, 5.74) is 2.10. The summed E-state index contributed by atoms with van der Waals surface area (Å²) in [4.78, 5) is 18.0. The molecular formula is C17H17N5O. The molecular weight excluding hydrogens is 290 g/mol. The number of likely N-dealkylation sites (N-methyl/N-ethyl adjacent to an activating group) is 1. The molecule has 0 saturated carbocycles. The van der Waals surface area contributed by atoms with E-state index in [0.29, 0.717) is 0 Å². The van der Waals surface area contributed by atoms with Crippen LogP contribution in [-0.2, 0) is 0 Å². The number of carbonyl (C=O) groups excluding carboxylic acids is 1. The Morgan fingerprint density at radius 1 is 1.13 bits per heavy atom. The first-order valence-electron chi connectivity index (χ1n) is 7.27. The number of nitrogens with one attached hydrogen (secondary N) is 1. The Kier molecular flexibility index (Phi) is 3.70. The van der Waals surface area contributed by atoms with E-state index in [9.17, 15) is 4.79 Å². The van der Waals surface area contributed by atoms with Crippen molar-refractivity contribution < 1.29 is 4.79 Å². The average molecular weight is 307 g/mol. The summed E-state index contributed by atoms with van der Waals surface area (Å²) in [6.45, 7) is 4.03. The Balaban J connectivity index is 1.81. The van der Waals surface area contributed by atoms with Crippen LogP contribution in [-0.4, -0.2) is 38.7 Å². The molecule has 2 amide bonds. The Morgan fingerprint density at radius 3 is 2.39 bits per heavy atom. The maximum absolute atomic E-state index is 11.9. The number of hydrogen-bond acceptors (Lipinski definition) is 4. The van der Waals surface area contributed by atoms with Gasteiger partial charge in [-0.15, -0.1) is 0 Å². The molecule has 1 unspecified atom stereocenters. The summed E-state index contributed by atoms with van der Waals surface area (Å²) in [6, 6.07) is 5.38. The number of hydrogen-bond donors (Lipinski definition) is 1. The van der Waals surface area contributed by atoms with Gasteiger partial charge in [-0.2, -0.15) is 10.2 Å². The van der Waals surface area contributed by atoms with Crippen molar-refractivity contribution in [1.29, 1.82) is 0 Å². The fourth-order valence-electron chi connectivity index (χ4n) is 2.45. The van der Waals surface area contributed by atoms with Gasteiger partial charge in [-0.05, 0) is 32.0 Å². The van der Waals surface area contributed by atoms with Gasteiger partial charge in [0.15, 0.2) is 0 Å². The number of amides is 2. The summed E-state index contributed by atoms with van der Waals surface area (Å²) < 4.78 is 0. The molecule has 0 aromatic carbocycles. The van der Waals surface area contributed by atoms with Crippen molar-refractivity contribution in [2.75, 3.05) is 7.05 Å². The average Bonchev–Trinajstić information content (AvgIpc) is 2.77. The van der Waals surface area contributed by atoms with Gasteiger partial charge in [-0.25, -0.2) is 4.79 Å². The highest BCUT2D eigenvalue weighted by molar-refractivity contribution is 5.78. The van der Waals surface area contributed by atoms with E-state index in [2.05, 4.69) is 32.3 Å². The second-order valence-electron chi connectivity index (χ2n) is 5.95. The van der Waals surface area contributed by atoms with Crippen molar-refractivity contribution in [1.82, 2.24) is 25.4 Å². The number of nitrogens with zero attached hydrogens (tertiary/aromatic N) is 4. The Morgan fingerprint density at radius 2 is 1.87 bits per heavy atom. The van der Waals surface area contributed by atoms with Gasteiger partial charge in [0.2, 0.25) is 0 Å². The van der Waals surface area contributed by atoms with Crippen LogP contribution in [0.5, 0.6) is 0 Å². The van der Waals surface area contributed by atoms with Gasteiger partial charge >= 0.3 is 6.03 Å². The van der Waals surface area contributed by atoms with Crippen molar-refractivity contribution in [3.05, 3.63) is 53.6 Å². The van der Waals surface area contributed by atoms with Gasteiger partial charge in [-0.1, -0.05) is 11.8 Å². The Labute approximate surface area is 135 Å². The lowest BCUT2D eigenvalue weighted by Crippen LogP contribution is -2.40. The molecule has 6 nitrogen and oxygen atoms in total. The summed E-state index contributed by atoms with van der Waals surface area (Å²) in [5.74, 6) is 6.05. The highest BCUT2D eigenvalue weighted by Crippen LogP contribution is 2.34. The smallest absolute Gasteiger partial charge is 0.318 e. The van der Waals surface area contributed by atoms with Crippen LogP contribution in [0.25, 0.3) is 0 Å². The third-order valence-electron chi connectivity index (χ3n) is 4.16. The van der Waals surface area contributed by atoms with Crippen molar-refractivity contribution in [3.63, 3.8) is 0 Å². The lowest BCUT2D eigenvalue weighted by molar-refractivity contribution is 0.187. The maximum atomic E-state index is 11.9. The second-order valence-corrected chi connectivity index (χ2v) is 5.95. The van der Waals surface area contributed by atoms with Gasteiger partial charge in [0.05, 0.1) is 29.7 Å². The maximum Gasteiger partial charge on any atom is 0.318 e. The lowest BCUT2D eigenvalue weighted by Gasteiger charge is -2.30. The van der Waals surface area contributed by atoms with Crippen LogP contribution >= 0.6 is 0 Å². The number of pyridine rings is 1. The van der Waals surface area contributed by atoms with Crippen molar-refractivity contribution in [3.8, 4) is 11.8 Å². The van der Waals surface area contributed by atoms with Gasteiger partial charge in [0.1, 0.15) is 0 Å². The molecule has 2 aromatic rings. The van der Waals surface area contributed by atoms with E-state index in [-0.39, 0.29) is 17.6 Å². The molecule has 0 spiro atoms. The monoisotopic (exact) mass is 307 g/mol. The van der Waals surface area contributed by atoms with E-state index in [4.69, 9.17) is 0 Å². The summed E-state index contributed by atoms with van der Waals surface area (Å²) >= 11 is 0. The molecule has 1 saturated heterocycles. The number of rotatable bonds is 1. The van der Waals surface area contributed by atoms with E-state index < -0.39 is 0 Å². The molecule has 1 aliphatic rings. The fourth-order valence-corrected chi connectivity index (χ4v) is 2.45. The van der Waals surface area contributed by atoms with E-state index in [1.165, 1.54) is 0 Å². The van der Waals surface area contributed by atoms with Crippen LogP contribution in [0.3, 0.4) is 0 Å². The molecule has 116 valence electrons. The third-order valence-corrected chi connectivity index (χ3v) is 4.16. The number of carbonyl (C=O) groups is 1. The lowest BCUT2D eigenvalue weighted by atomic mass is 9.92. The molecule has 0 radical (unpaired) electrons. The standard InChI is InChI=1S/C17H17N5O/c1-17(2)15(21-16(23)22(17)3)14-7-6-12(10-18-14)4-5-13-8-9-19-20-11-13/h6-11,15H,1-3H3,(H,21,23). The van der Waals surface area contributed by atoms with Crippen molar-refractivity contribution in [2.45, 2.75) is 25.4 Å². The molecule has 1 aliphatic heterocycles. The molecule has 3 rings (SSSR count). The minimum absolute atomic E-state index is 0.0872. The quantitative estimate of drug-likeness (QED) is 0.815. The molecule has 0 aliphatic carbocycles. The first kappa shape index (κ1) is 15.0. The van der Waals surface area contributed by atoms with E-state index in [1.807, 2.05) is 26.0 Å². The van der Waals surface area contributed by atoms with Crippen LogP contribution in [0.4, 0.5) is 4.79 Å². The van der Waals surface area contributed by atoms with Gasteiger partial charge in [0.25, 0.3) is 0 Å². The SMILES string of the molecule is CN1C(=O)NC(c2ccc(C#Cc3ccnnc3)cn2)C1(C)C. The second kappa shape index (κ2) is 5.69. The zero-order valence-electron chi connectivity index (χ0n) is 13.2. The molecule has 3 heterocycles. The minimum Gasteiger partial charge on any atom is -0.327 e. The van der Waals surface area contributed by atoms with Crippen LogP contribution in [0.2, 0.25) is 0 Å². The summed E-state index contributed by atoms with van der Waals surface area (Å²) in [5, 5.41) is 10.5. The highest BCUT2D eigenvalue weighted by Gasteiger charge is 2.45. The van der Waals surface area contributed by atoms with Crippen molar-refractivity contribution in [2.24, 2.45) is 0 Å². The molecule has 6 heteroatoms. The van der Waals surface area contributed by atoms with Gasteiger partial charge < -0.3 is 10.2 Å². The summed E-state index contributed by atoms with van der Waals surface area (Å²) in [6.07, 6.45) is 4.94. The van der Waals surface area contributed by atoms with E-state index in [0.717, 1.165) is 16.8 Å². The number of aromatic nitrogens is 3. The molecule has 1 fully saturated rings. The molecule has 1 atom stereocenters. The van der Waals surface area contributed by atoms with Crippen LogP contribution < -0.4 is 5.32 Å². The largest absolute Gasteiger partial charge is 0.327 e. The predicted molar refractivity (Wildman–Crippen MR) is 85.4 cm³/mol. The zero-order chi connectivity index (χ0) is 16.4. The van der Waals surface area contributed by atoms with Gasteiger partial charge in [-0.3, -0.25) is 4.98 Å². The molecule has 1 N–H and O–H groups in total. The molecule has 0 bridgehead atoms. The normalized spacial score (nSPS) is 19.0. The molecule has 23 heavy (non-hydrogen) atoms. The van der Waals surface area contributed by atoms with Crippen LogP contribution in [0.1, 0.15) is 36.7 Å². The first-order chi connectivity index (χ1) is 11.0. The first-order valence-corrected chi connectivity index (χ1v) is 7.27. The summed E-state index contributed by atoms with van der Waals surface area (Å²) in [7, 11) is 1.79. The predicted octanol–water partition coefficient (Wildman–Crippen LogP) is 1.75. The zero-order valence-corrected chi connectivity index (χ0v) is 13.2. The minimum atomic E-state index is -0.333. The van der Waals surface area contributed by atoms with Crippen LogP contribution in [0.15, 0.2) is 36.8 Å². The van der Waals surface area contributed by atoms with E-state index in [1.54, 1.807) is 36.6 Å². The van der Waals surface area contributed by atoms with Gasteiger partial charge in [0, 0.05) is 24.4 Å². The fraction of sp³-hybridized carbons (Fsp3) is 0.294. The topological polar surface area (TPSA) is 71.0 Å². The number of urea groups is 1. The molecule has 2 aromatic heterocycles. The van der Waals surface area contributed by atoms with E-state index >= 15 is 0 Å².